The van der Waals surface area contributed by atoms with Gasteiger partial charge in [0.2, 0.25) is 11.8 Å². The molecule has 41 heavy (non-hydrogen) atoms. The fraction of sp³-hybridized carbons (Fsp3) is 0.323. The SMILES string of the molecule is CNC(=O)c1cccc(-c2ccc(C(CN3CCCC3)N(C)C(=O)CN(CC(N)=O)c3ccc(Cl)c(Cl)c3)cc2)c1. The third-order valence-electron chi connectivity index (χ3n) is 7.41. The minimum Gasteiger partial charge on any atom is -0.368 e. The number of carbonyl (C=O) groups is 3. The van der Waals surface area contributed by atoms with E-state index < -0.39 is 5.91 Å². The van der Waals surface area contributed by atoms with E-state index >= 15 is 0 Å². The Hall–Kier alpha value is -3.59. The molecule has 10 heteroatoms. The molecule has 1 aliphatic heterocycles. The van der Waals surface area contributed by atoms with Crippen molar-refractivity contribution in [3.8, 4) is 11.1 Å². The monoisotopic (exact) mass is 595 g/mol. The number of carbonyl (C=O) groups excluding carboxylic acids is 3. The summed E-state index contributed by atoms with van der Waals surface area (Å²) in [4.78, 5) is 43.4. The molecule has 0 spiro atoms. The average molecular weight is 597 g/mol. The second-order valence-corrected chi connectivity index (χ2v) is 11.0. The highest BCUT2D eigenvalue weighted by Crippen LogP contribution is 2.29. The van der Waals surface area contributed by atoms with Gasteiger partial charge in [0.1, 0.15) is 0 Å². The summed E-state index contributed by atoms with van der Waals surface area (Å²) in [6.45, 7) is 2.46. The molecule has 3 amide bonds. The Balaban J connectivity index is 1.58. The maximum Gasteiger partial charge on any atom is 0.251 e. The second-order valence-electron chi connectivity index (χ2n) is 10.2. The number of nitrogens with zero attached hydrogens (tertiary/aromatic N) is 3. The molecule has 3 N–H and O–H groups in total. The van der Waals surface area contributed by atoms with E-state index in [1.807, 2.05) is 42.5 Å². The van der Waals surface area contributed by atoms with E-state index in [2.05, 4.69) is 10.2 Å². The summed E-state index contributed by atoms with van der Waals surface area (Å²) in [6, 6.07) is 20.3. The Labute approximate surface area is 251 Å². The Bertz CT molecular complexity index is 1390. The van der Waals surface area contributed by atoms with Crippen molar-refractivity contribution >= 4 is 46.6 Å². The van der Waals surface area contributed by atoms with Crippen LogP contribution in [0.1, 0.15) is 34.8 Å². The predicted octanol–water partition coefficient (Wildman–Crippen LogP) is 4.61. The Morgan fingerprint density at radius 3 is 2.27 bits per heavy atom. The molecule has 1 fully saturated rings. The van der Waals surface area contributed by atoms with Gasteiger partial charge in [-0.1, -0.05) is 59.6 Å². The van der Waals surface area contributed by atoms with E-state index in [0.717, 1.165) is 42.6 Å². The first kappa shape index (κ1) is 30.4. The Morgan fingerprint density at radius 2 is 1.63 bits per heavy atom. The van der Waals surface area contributed by atoms with Gasteiger partial charge in [0.05, 0.1) is 29.2 Å². The van der Waals surface area contributed by atoms with Crippen molar-refractivity contribution in [3.05, 3.63) is 87.9 Å². The fourth-order valence-corrected chi connectivity index (χ4v) is 5.39. The molecule has 0 saturated carbocycles. The average Bonchev–Trinajstić information content (AvgIpc) is 3.49. The van der Waals surface area contributed by atoms with E-state index in [9.17, 15) is 14.4 Å². The molecule has 1 atom stereocenters. The zero-order valence-electron chi connectivity index (χ0n) is 23.3. The summed E-state index contributed by atoms with van der Waals surface area (Å²) in [6.07, 6.45) is 2.27. The number of primary amides is 1. The highest BCUT2D eigenvalue weighted by Gasteiger charge is 2.27. The fourth-order valence-electron chi connectivity index (χ4n) is 5.10. The number of likely N-dealkylation sites (tertiary alicyclic amines) is 1. The molecule has 0 radical (unpaired) electrons. The quantitative estimate of drug-likeness (QED) is 0.337. The second kappa shape index (κ2) is 13.9. The lowest BCUT2D eigenvalue weighted by molar-refractivity contribution is -0.131. The molecule has 8 nitrogen and oxygen atoms in total. The number of nitrogens with two attached hydrogens (primary N) is 1. The van der Waals surface area contributed by atoms with Gasteiger partial charge in [-0.3, -0.25) is 14.4 Å². The highest BCUT2D eigenvalue weighted by atomic mass is 35.5. The van der Waals surface area contributed by atoms with Crippen LogP contribution in [0.15, 0.2) is 66.7 Å². The number of benzene rings is 3. The topological polar surface area (TPSA) is 99.0 Å². The van der Waals surface area contributed by atoms with E-state index in [1.165, 1.54) is 0 Å². The largest absolute Gasteiger partial charge is 0.368 e. The van der Waals surface area contributed by atoms with Crippen molar-refractivity contribution in [3.63, 3.8) is 0 Å². The molecule has 1 unspecified atom stereocenters. The Kier molecular flexibility index (Phi) is 10.3. The molecule has 3 aromatic carbocycles. The first-order valence-corrected chi connectivity index (χ1v) is 14.3. The van der Waals surface area contributed by atoms with E-state index in [4.69, 9.17) is 28.9 Å². The number of anilines is 1. The molecule has 4 rings (SSSR count). The zero-order chi connectivity index (χ0) is 29.5. The summed E-state index contributed by atoms with van der Waals surface area (Å²) in [5.74, 6) is -0.861. The minimum atomic E-state index is -0.559. The molecular formula is C31H35Cl2N5O3. The standard InChI is InChI=1S/C31H35Cl2N5O3/c1-35-31(41)24-7-5-6-23(16-24)21-8-10-22(11-9-21)28(18-37-14-3-4-15-37)36(2)30(40)20-38(19-29(34)39)25-12-13-26(32)27(33)17-25/h5-13,16-17,28H,3-4,14-15,18-20H2,1-2H3,(H2,34,39)(H,35,41). The molecular weight excluding hydrogens is 561 g/mol. The zero-order valence-corrected chi connectivity index (χ0v) is 24.8. The van der Waals surface area contributed by atoms with Gasteiger partial charge >= 0.3 is 0 Å². The van der Waals surface area contributed by atoms with Crippen LogP contribution in [0.3, 0.4) is 0 Å². The van der Waals surface area contributed by atoms with Gasteiger partial charge in [-0.25, -0.2) is 0 Å². The van der Waals surface area contributed by atoms with Crippen LogP contribution in [0.5, 0.6) is 0 Å². The number of nitrogens with one attached hydrogen (secondary N) is 1. The third kappa shape index (κ3) is 7.79. The van der Waals surface area contributed by atoms with Gasteiger partial charge in [0, 0.05) is 31.9 Å². The lowest BCUT2D eigenvalue weighted by Crippen LogP contribution is -2.45. The van der Waals surface area contributed by atoms with Crippen molar-refractivity contribution in [2.75, 3.05) is 51.7 Å². The van der Waals surface area contributed by atoms with Crippen molar-refractivity contribution < 1.29 is 14.4 Å². The van der Waals surface area contributed by atoms with Gasteiger partial charge in [-0.2, -0.15) is 0 Å². The van der Waals surface area contributed by atoms with Gasteiger partial charge < -0.3 is 25.8 Å². The van der Waals surface area contributed by atoms with Crippen LogP contribution in [0.25, 0.3) is 11.1 Å². The van der Waals surface area contributed by atoms with Crippen LogP contribution in [0.4, 0.5) is 5.69 Å². The van der Waals surface area contributed by atoms with Crippen molar-refractivity contribution in [1.29, 1.82) is 0 Å². The maximum absolute atomic E-state index is 13.7. The molecule has 1 saturated heterocycles. The molecule has 1 aliphatic rings. The van der Waals surface area contributed by atoms with Crippen LogP contribution in [0.2, 0.25) is 10.0 Å². The van der Waals surface area contributed by atoms with Crippen LogP contribution in [-0.4, -0.2) is 74.3 Å². The Morgan fingerprint density at radius 1 is 0.927 bits per heavy atom. The molecule has 216 valence electrons. The van der Waals surface area contributed by atoms with Crippen LogP contribution >= 0.6 is 23.2 Å². The first-order valence-electron chi connectivity index (χ1n) is 13.5. The maximum atomic E-state index is 13.7. The van der Waals surface area contributed by atoms with Gasteiger partial charge in [-0.05, 0) is 73.0 Å². The number of halogens is 2. The minimum absolute atomic E-state index is 0.0573. The van der Waals surface area contributed by atoms with E-state index in [1.54, 1.807) is 48.2 Å². The summed E-state index contributed by atoms with van der Waals surface area (Å²) in [5, 5.41) is 3.37. The van der Waals surface area contributed by atoms with Gasteiger partial charge in [-0.15, -0.1) is 0 Å². The summed E-state index contributed by atoms with van der Waals surface area (Å²) >= 11 is 12.3. The normalized spacial score (nSPS) is 14.0. The number of amides is 3. The van der Waals surface area contributed by atoms with Crippen molar-refractivity contribution in [2.45, 2.75) is 18.9 Å². The van der Waals surface area contributed by atoms with E-state index in [0.29, 0.717) is 27.8 Å². The number of likely N-dealkylation sites (N-methyl/N-ethyl adjacent to an activating group) is 1. The molecule has 3 aromatic rings. The number of hydrogen-bond donors (Lipinski definition) is 2. The number of hydrogen-bond acceptors (Lipinski definition) is 5. The summed E-state index contributed by atoms with van der Waals surface area (Å²) < 4.78 is 0. The third-order valence-corrected chi connectivity index (χ3v) is 8.15. The molecule has 0 aliphatic carbocycles. The van der Waals surface area contributed by atoms with Gasteiger partial charge in [0.25, 0.3) is 5.91 Å². The van der Waals surface area contributed by atoms with Gasteiger partial charge in [0.15, 0.2) is 0 Å². The van der Waals surface area contributed by atoms with Crippen LogP contribution < -0.4 is 16.0 Å². The number of rotatable bonds is 11. The predicted molar refractivity (Wildman–Crippen MR) is 164 cm³/mol. The smallest absolute Gasteiger partial charge is 0.251 e. The molecule has 0 aromatic heterocycles. The lowest BCUT2D eigenvalue weighted by Gasteiger charge is -2.34. The van der Waals surface area contributed by atoms with Crippen LogP contribution in [-0.2, 0) is 9.59 Å². The van der Waals surface area contributed by atoms with Crippen molar-refractivity contribution in [1.82, 2.24) is 15.1 Å². The molecule has 1 heterocycles. The molecule has 0 bridgehead atoms. The lowest BCUT2D eigenvalue weighted by atomic mass is 9.98. The summed E-state index contributed by atoms with van der Waals surface area (Å²) in [7, 11) is 3.40. The van der Waals surface area contributed by atoms with Crippen molar-refractivity contribution in [2.24, 2.45) is 5.73 Å². The summed E-state index contributed by atoms with van der Waals surface area (Å²) in [5.41, 5.74) is 9.59. The highest BCUT2D eigenvalue weighted by molar-refractivity contribution is 6.42. The first-order chi connectivity index (χ1) is 19.7. The van der Waals surface area contributed by atoms with E-state index in [-0.39, 0.29) is 30.9 Å². The van der Waals surface area contributed by atoms with Crippen LogP contribution in [0, 0.1) is 0 Å².